The van der Waals surface area contributed by atoms with Gasteiger partial charge in [-0.15, -0.1) is 0 Å². The van der Waals surface area contributed by atoms with E-state index in [1.807, 2.05) is 25.1 Å². The minimum Gasteiger partial charge on any atom is -0.394 e. The van der Waals surface area contributed by atoms with Crippen LogP contribution in [-0.4, -0.2) is 43.3 Å². The van der Waals surface area contributed by atoms with Gasteiger partial charge in [0.2, 0.25) is 0 Å². The monoisotopic (exact) mass is 249 g/mol. The van der Waals surface area contributed by atoms with Gasteiger partial charge in [-0.1, -0.05) is 11.6 Å². The Morgan fingerprint density at radius 3 is 3.06 bits per heavy atom. The van der Waals surface area contributed by atoms with Crippen LogP contribution in [0.3, 0.4) is 0 Å². The Hall–Kier alpha value is -1.59. The fourth-order valence-corrected chi connectivity index (χ4v) is 2.24. The van der Waals surface area contributed by atoms with Crippen LogP contribution in [0.5, 0.6) is 0 Å². The maximum Gasteiger partial charge on any atom is 0.124 e. The molecule has 1 unspecified atom stereocenters. The van der Waals surface area contributed by atoms with Crippen LogP contribution in [0.2, 0.25) is 0 Å². The number of ether oxygens (including phenoxy) is 1. The van der Waals surface area contributed by atoms with Crippen LogP contribution in [0, 0.1) is 12.3 Å². The Morgan fingerprint density at radius 2 is 2.39 bits per heavy atom. The highest BCUT2D eigenvalue weighted by Crippen LogP contribution is 2.25. The fraction of sp³-hybridized carbons (Fsp3) is 0.462. The molecule has 1 aliphatic heterocycles. The van der Waals surface area contributed by atoms with Crippen LogP contribution in [-0.2, 0) is 4.74 Å². The third-order valence-electron chi connectivity index (χ3n) is 3.19. The number of nitrogens with two attached hydrogens (primary N) is 1. The fourth-order valence-electron chi connectivity index (χ4n) is 2.24. The molecule has 18 heavy (non-hydrogen) atoms. The van der Waals surface area contributed by atoms with E-state index in [0.717, 1.165) is 16.8 Å². The molecule has 0 aromatic heterocycles. The number of hydrogen-bond donors (Lipinski definition) is 3. The molecule has 1 aliphatic rings. The molecular weight excluding hydrogens is 230 g/mol. The molecule has 0 radical (unpaired) electrons. The smallest absolute Gasteiger partial charge is 0.124 e. The van der Waals surface area contributed by atoms with Crippen molar-refractivity contribution in [2.75, 3.05) is 31.3 Å². The summed E-state index contributed by atoms with van der Waals surface area (Å²) in [5.74, 6) is 0.0527. The number of amidine groups is 1. The van der Waals surface area contributed by atoms with Gasteiger partial charge in [0.15, 0.2) is 0 Å². The molecule has 0 aliphatic carbocycles. The normalized spacial score (nSPS) is 19.9. The number of benzene rings is 1. The van der Waals surface area contributed by atoms with E-state index in [9.17, 15) is 5.11 Å². The number of aliphatic hydroxyl groups excluding tert-OH is 1. The van der Waals surface area contributed by atoms with Gasteiger partial charge < -0.3 is 20.5 Å². The van der Waals surface area contributed by atoms with Crippen LogP contribution in [0.25, 0.3) is 0 Å². The molecule has 1 atom stereocenters. The number of aliphatic hydroxyl groups is 1. The Bertz CT molecular complexity index is 448. The lowest BCUT2D eigenvalue weighted by Crippen LogP contribution is -2.48. The van der Waals surface area contributed by atoms with E-state index in [1.165, 1.54) is 0 Å². The number of anilines is 1. The van der Waals surface area contributed by atoms with E-state index in [0.29, 0.717) is 19.8 Å². The zero-order chi connectivity index (χ0) is 13.1. The Morgan fingerprint density at radius 1 is 1.61 bits per heavy atom. The number of hydrogen-bond acceptors (Lipinski definition) is 4. The molecule has 1 aromatic rings. The first-order valence-electron chi connectivity index (χ1n) is 6.03. The Balaban J connectivity index is 2.39. The molecule has 0 saturated carbocycles. The Kier molecular flexibility index (Phi) is 3.84. The van der Waals surface area contributed by atoms with Crippen molar-refractivity contribution in [1.29, 1.82) is 5.41 Å². The lowest BCUT2D eigenvalue weighted by Gasteiger charge is -2.37. The van der Waals surface area contributed by atoms with Gasteiger partial charge in [-0.3, -0.25) is 5.41 Å². The summed E-state index contributed by atoms with van der Waals surface area (Å²) in [6.07, 6.45) is 0. The molecule has 98 valence electrons. The second kappa shape index (κ2) is 5.37. The topological polar surface area (TPSA) is 82.6 Å². The van der Waals surface area contributed by atoms with Crippen LogP contribution in [0.15, 0.2) is 18.2 Å². The average molecular weight is 249 g/mol. The van der Waals surface area contributed by atoms with Gasteiger partial charge in [0.1, 0.15) is 5.84 Å². The van der Waals surface area contributed by atoms with E-state index < -0.39 is 0 Å². The third-order valence-corrected chi connectivity index (χ3v) is 3.19. The molecule has 0 bridgehead atoms. The number of rotatable bonds is 3. The summed E-state index contributed by atoms with van der Waals surface area (Å²) in [5, 5.41) is 17.1. The van der Waals surface area contributed by atoms with Gasteiger partial charge in [-0.25, -0.2) is 0 Å². The van der Waals surface area contributed by atoms with Crippen molar-refractivity contribution in [3.8, 4) is 0 Å². The van der Waals surface area contributed by atoms with E-state index in [4.69, 9.17) is 15.9 Å². The second-order valence-electron chi connectivity index (χ2n) is 4.54. The van der Waals surface area contributed by atoms with Gasteiger partial charge in [0.25, 0.3) is 0 Å². The molecule has 0 spiro atoms. The maximum atomic E-state index is 9.40. The van der Waals surface area contributed by atoms with Crippen molar-refractivity contribution in [1.82, 2.24) is 0 Å². The summed E-state index contributed by atoms with van der Waals surface area (Å²) >= 11 is 0. The first-order chi connectivity index (χ1) is 8.63. The maximum absolute atomic E-state index is 9.40. The lowest BCUT2D eigenvalue weighted by molar-refractivity contribution is 0.0727. The van der Waals surface area contributed by atoms with Gasteiger partial charge in [0.05, 0.1) is 25.9 Å². The van der Waals surface area contributed by atoms with Gasteiger partial charge in [-0.2, -0.15) is 0 Å². The minimum atomic E-state index is -0.0699. The molecule has 1 saturated heterocycles. The van der Waals surface area contributed by atoms with Crippen LogP contribution in [0.4, 0.5) is 5.69 Å². The first-order valence-corrected chi connectivity index (χ1v) is 6.03. The second-order valence-corrected chi connectivity index (χ2v) is 4.54. The molecule has 1 aromatic carbocycles. The van der Waals surface area contributed by atoms with Crippen molar-refractivity contribution in [3.63, 3.8) is 0 Å². The molecule has 5 nitrogen and oxygen atoms in total. The molecule has 1 fully saturated rings. The van der Waals surface area contributed by atoms with Gasteiger partial charge in [0, 0.05) is 17.8 Å². The molecular formula is C13H19N3O2. The highest BCUT2D eigenvalue weighted by Gasteiger charge is 2.24. The van der Waals surface area contributed by atoms with Crippen molar-refractivity contribution in [3.05, 3.63) is 29.3 Å². The van der Waals surface area contributed by atoms with Crippen molar-refractivity contribution < 1.29 is 9.84 Å². The summed E-state index contributed by atoms with van der Waals surface area (Å²) in [6.45, 7) is 3.84. The SMILES string of the molecule is Cc1ccc(N2CCOCC2CO)c(C(=N)N)c1. The predicted octanol–water partition coefficient (Wildman–Crippen LogP) is 0.477. The quantitative estimate of drug-likeness (QED) is 0.537. The van der Waals surface area contributed by atoms with E-state index >= 15 is 0 Å². The first kappa shape index (κ1) is 12.9. The molecule has 0 amide bonds. The molecule has 5 heteroatoms. The number of aryl methyl sites for hydroxylation is 1. The van der Waals surface area contributed by atoms with Crippen molar-refractivity contribution in [2.45, 2.75) is 13.0 Å². The number of nitrogen functional groups attached to an aromatic ring is 1. The summed E-state index contributed by atoms with van der Waals surface area (Å²) in [7, 11) is 0. The average Bonchev–Trinajstić information content (AvgIpc) is 2.38. The third kappa shape index (κ3) is 2.47. The highest BCUT2D eigenvalue weighted by atomic mass is 16.5. The number of nitrogens with one attached hydrogen (secondary N) is 1. The van der Waals surface area contributed by atoms with Gasteiger partial charge >= 0.3 is 0 Å². The summed E-state index contributed by atoms with van der Waals surface area (Å²) in [5.41, 5.74) is 8.32. The van der Waals surface area contributed by atoms with Crippen molar-refractivity contribution >= 4 is 11.5 Å². The highest BCUT2D eigenvalue weighted by molar-refractivity contribution is 6.00. The standard InChI is InChI=1S/C13H19N3O2/c1-9-2-3-12(11(6-9)13(14)15)16-4-5-18-8-10(16)7-17/h2-3,6,10,17H,4-5,7-8H2,1H3,(H3,14,15). The molecule has 4 N–H and O–H groups in total. The van der Waals surface area contributed by atoms with Gasteiger partial charge in [-0.05, 0) is 19.1 Å². The summed E-state index contributed by atoms with van der Waals surface area (Å²) in [6, 6.07) is 5.78. The zero-order valence-electron chi connectivity index (χ0n) is 10.5. The van der Waals surface area contributed by atoms with Crippen molar-refractivity contribution in [2.24, 2.45) is 5.73 Å². The zero-order valence-corrected chi connectivity index (χ0v) is 10.5. The lowest BCUT2D eigenvalue weighted by atomic mass is 10.1. The summed E-state index contributed by atoms with van der Waals surface area (Å²) in [4.78, 5) is 2.07. The van der Waals surface area contributed by atoms with Crippen LogP contribution in [0.1, 0.15) is 11.1 Å². The van der Waals surface area contributed by atoms with E-state index in [1.54, 1.807) is 0 Å². The van der Waals surface area contributed by atoms with Crippen LogP contribution < -0.4 is 10.6 Å². The molecule has 2 rings (SSSR count). The van der Waals surface area contributed by atoms with E-state index in [2.05, 4.69) is 4.90 Å². The summed E-state index contributed by atoms with van der Waals surface area (Å²) < 4.78 is 5.36. The Labute approximate surface area is 107 Å². The predicted molar refractivity (Wildman–Crippen MR) is 71.2 cm³/mol. The largest absolute Gasteiger partial charge is 0.394 e. The molecule has 1 heterocycles. The number of morpholine rings is 1. The number of nitrogens with zero attached hydrogens (tertiary/aromatic N) is 1. The van der Waals surface area contributed by atoms with E-state index in [-0.39, 0.29) is 18.5 Å². The van der Waals surface area contributed by atoms with Crippen LogP contribution >= 0.6 is 0 Å². The minimum absolute atomic E-state index is 0.0330.